The molecule has 0 unspecified atom stereocenters. The van der Waals surface area contributed by atoms with E-state index >= 15 is 0 Å². The Kier molecular flexibility index (Phi) is 5.46. The predicted molar refractivity (Wildman–Crippen MR) is 102 cm³/mol. The van der Waals surface area contributed by atoms with Gasteiger partial charge in [-0.15, -0.1) is 0 Å². The van der Waals surface area contributed by atoms with Crippen LogP contribution in [0, 0.1) is 13.8 Å². The first-order chi connectivity index (χ1) is 12.7. The Morgan fingerprint density at radius 1 is 1.30 bits per heavy atom. The molecule has 27 heavy (non-hydrogen) atoms. The minimum absolute atomic E-state index is 0.0281. The van der Waals surface area contributed by atoms with Gasteiger partial charge in [-0.1, -0.05) is 0 Å². The second-order valence-electron chi connectivity index (χ2n) is 7.43. The highest BCUT2D eigenvalue weighted by Gasteiger charge is 2.32. The highest BCUT2D eigenvalue weighted by atomic mass is 32.2. The summed E-state index contributed by atoms with van der Waals surface area (Å²) in [4.78, 5) is 25.4. The number of hydrogen-bond donors (Lipinski definition) is 0. The van der Waals surface area contributed by atoms with E-state index < -0.39 is 28.3 Å². The first kappa shape index (κ1) is 19.7. The lowest BCUT2D eigenvalue weighted by Crippen LogP contribution is -2.40. The van der Waals surface area contributed by atoms with Crippen LogP contribution < -0.4 is 0 Å². The van der Waals surface area contributed by atoms with Crippen LogP contribution in [-0.4, -0.2) is 61.0 Å². The van der Waals surface area contributed by atoms with Gasteiger partial charge in [0.2, 0.25) is 0 Å². The van der Waals surface area contributed by atoms with E-state index in [4.69, 9.17) is 4.74 Å². The van der Waals surface area contributed by atoms with E-state index in [2.05, 4.69) is 11.5 Å². The minimum Gasteiger partial charge on any atom is -0.452 e. The lowest BCUT2D eigenvalue weighted by molar-refractivity contribution is -0.148. The van der Waals surface area contributed by atoms with Gasteiger partial charge in [-0.25, -0.2) is 13.2 Å². The van der Waals surface area contributed by atoms with Crippen molar-refractivity contribution in [3.63, 3.8) is 0 Å². The van der Waals surface area contributed by atoms with Gasteiger partial charge in [0.25, 0.3) is 5.91 Å². The number of nitrogens with zero attached hydrogens (tertiary/aromatic N) is 2. The average Bonchev–Trinajstić information content (AvgIpc) is 3.31. The maximum Gasteiger partial charge on any atom is 0.331 e. The average molecular weight is 394 g/mol. The zero-order chi connectivity index (χ0) is 19.8. The van der Waals surface area contributed by atoms with Gasteiger partial charge >= 0.3 is 5.97 Å². The van der Waals surface area contributed by atoms with Crippen molar-refractivity contribution in [3.05, 3.63) is 29.1 Å². The smallest absolute Gasteiger partial charge is 0.331 e. The number of hydrogen-bond acceptors (Lipinski definition) is 5. The molecular formula is C19H26N2O5S. The Labute approximate surface area is 159 Å². The fourth-order valence-electron chi connectivity index (χ4n) is 3.59. The fraction of sp³-hybridized carbons (Fsp3) is 0.579. The Bertz CT molecular complexity index is 880. The topological polar surface area (TPSA) is 85.7 Å². The third-order valence-electron chi connectivity index (χ3n) is 5.32. The van der Waals surface area contributed by atoms with Gasteiger partial charge in [0.1, 0.15) is 0 Å². The van der Waals surface area contributed by atoms with Gasteiger partial charge in [-0.3, -0.25) is 4.79 Å². The highest BCUT2D eigenvalue weighted by Crippen LogP contribution is 2.38. The quantitative estimate of drug-likeness (QED) is 0.541. The fourth-order valence-corrected chi connectivity index (χ4v) is 5.37. The highest BCUT2D eigenvalue weighted by molar-refractivity contribution is 7.91. The number of amides is 1. The van der Waals surface area contributed by atoms with Crippen molar-refractivity contribution in [3.8, 4) is 0 Å². The Morgan fingerprint density at radius 2 is 2.00 bits per heavy atom. The van der Waals surface area contributed by atoms with Crippen molar-refractivity contribution < 1.29 is 22.7 Å². The maximum absolute atomic E-state index is 12.1. The van der Waals surface area contributed by atoms with Crippen molar-refractivity contribution in [1.82, 2.24) is 9.47 Å². The summed E-state index contributed by atoms with van der Waals surface area (Å²) in [5, 5.41) is 0. The van der Waals surface area contributed by atoms with Crippen LogP contribution >= 0.6 is 0 Å². The van der Waals surface area contributed by atoms with Gasteiger partial charge in [0.15, 0.2) is 16.4 Å². The molecule has 7 nitrogen and oxygen atoms in total. The van der Waals surface area contributed by atoms with Crippen LogP contribution in [0.3, 0.4) is 0 Å². The van der Waals surface area contributed by atoms with E-state index in [1.165, 1.54) is 29.5 Å². The summed E-state index contributed by atoms with van der Waals surface area (Å²) >= 11 is 0. The molecule has 1 aliphatic carbocycles. The number of aryl methyl sites for hydroxylation is 1. The monoisotopic (exact) mass is 394 g/mol. The number of rotatable bonds is 6. The molecule has 0 spiro atoms. The molecule has 3 rings (SSSR count). The van der Waals surface area contributed by atoms with Crippen LogP contribution in [0.25, 0.3) is 6.08 Å². The van der Waals surface area contributed by atoms with Gasteiger partial charge < -0.3 is 14.2 Å². The van der Waals surface area contributed by atoms with Crippen molar-refractivity contribution in [2.24, 2.45) is 0 Å². The van der Waals surface area contributed by atoms with E-state index in [0.29, 0.717) is 12.5 Å². The summed E-state index contributed by atoms with van der Waals surface area (Å²) in [6, 6.07) is 2.27. The van der Waals surface area contributed by atoms with E-state index in [1.807, 2.05) is 13.0 Å². The number of likely N-dealkylation sites (N-methyl/N-ethyl adjacent to an activating group) is 1. The van der Waals surface area contributed by atoms with Crippen LogP contribution in [0.2, 0.25) is 0 Å². The predicted octanol–water partition coefficient (Wildman–Crippen LogP) is 1.64. The second kappa shape index (κ2) is 7.50. The largest absolute Gasteiger partial charge is 0.452 e. The molecule has 148 valence electrons. The SMILES string of the molecule is Cc1cc(/C=C/C(=O)OCC(=O)N(C)[C@H]2CCS(=O)(=O)C2)c(C)n1C1CC1. The van der Waals surface area contributed by atoms with Crippen LogP contribution in [0.5, 0.6) is 0 Å². The standard InChI is InChI=1S/C19H26N2O5S/c1-13-10-15(14(2)21(13)16-5-6-16)4-7-19(23)26-11-18(22)20(3)17-8-9-27(24,25)12-17/h4,7,10,16-17H,5-6,8-9,11-12H2,1-3H3/b7-4+/t17-/m0/s1. The molecular weight excluding hydrogens is 368 g/mol. The molecule has 0 radical (unpaired) electrons. The van der Waals surface area contributed by atoms with Crippen LogP contribution in [0.15, 0.2) is 12.1 Å². The van der Waals surface area contributed by atoms with Gasteiger partial charge in [0.05, 0.1) is 11.5 Å². The third kappa shape index (κ3) is 4.61. The molecule has 1 amide bonds. The summed E-state index contributed by atoms with van der Waals surface area (Å²) < 4.78 is 30.4. The maximum atomic E-state index is 12.1. The molecule has 0 bridgehead atoms. The van der Waals surface area contributed by atoms with Crippen LogP contribution in [0.4, 0.5) is 0 Å². The van der Waals surface area contributed by atoms with Gasteiger partial charge in [-0.05, 0) is 50.8 Å². The zero-order valence-corrected chi connectivity index (χ0v) is 16.8. The number of carbonyl (C=O) groups excluding carboxylic acids is 2. The normalized spacial score (nSPS) is 21.5. The number of carbonyl (C=O) groups is 2. The third-order valence-corrected chi connectivity index (χ3v) is 7.07. The van der Waals surface area contributed by atoms with E-state index in [1.54, 1.807) is 13.1 Å². The molecule has 1 aromatic heterocycles. The zero-order valence-electron chi connectivity index (χ0n) is 16.0. The Morgan fingerprint density at radius 3 is 2.59 bits per heavy atom. The molecule has 2 heterocycles. The number of sulfone groups is 1. The first-order valence-corrected chi connectivity index (χ1v) is 11.0. The van der Waals surface area contributed by atoms with Crippen molar-refractivity contribution in [2.75, 3.05) is 25.2 Å². The molecule has 0 aromatic carbocycles. The van der Waals surface area contributed by atoms with Crippen molar-refractivity contribution >= 4 is 27.8 Å². The molecule has 0 N–H and O–H groups in total. The van der Waals surface area contributed by atoms with Gasteiger partial charge in [0, 0.05) is 36.6 Å². The summed E-state index contributed by atoms with van der Waals surface area (Å²) in [6.45, 7) is 3.69. The van der Waals surface area contributed by atoms with Crippen LogP contribution in [-0.2, 0) is 24.2 Å². The van der Waals surface area contributed by atoms with E-state index in [-0.39, 0.29) is 17.5 Å². The van der Waals surface area contributed by atoms with Gasteiger partial charge in [-0.2, -0.15) is 0 Å². The first-order valence-electron chi connectivity index (χ1n) is 9.17. The second-order valence-corrected chi connectivity index (χ2v) is 9.66. The number of ether oxygens (including phenoxy) is 1. The lowest BCUT2D eigenvalue weighted by atomic mass is 10.2. The minimum atomic E-state index is -3.07. The molecule has 1 aromatic rings. The van der Waals surface area contributed by atoms with Crippen molar-refractivity contribution in [1.29, 1.82) is 0 Å². The lowest BCUT2D eigenvalue weighted by Gasteiger charge is -2.22. The Balaban J connectivity index is 1.51. The molecule has 2 aliphatic rings. The van der Waals surface area contributed by atoms with Crippen LogP contribution in [0.1, 0.15) is 42.3 Å². The molecule has 1 atom stereocenters. The molecule has 1 saturated heterocycles. The Hall–Kier alpha value is -2.09. The summed E-state index contributed by atoms with van der Waals surface area (Å²) in [5.74, 6) is -0.922. The summed E-state index contributed by atoms with van der Waals surface area (Å²) in [6.07, 6.45) is 5.85. The number of esters is 1. The summed E-state index contributed by atoms with van der Waals surface area (Å²) in [7, 11) is -1.52. The van der Waals surface area contributed by atoms with E-state index in [9.17, 15) is 18.0 Å². The molecule has 1 saturated carbocycles. The van der Waals surface area contributed by atoms with Crippen molar-refractivity contribution in [2.45, 2.75) is 45.2 Å². The van der Waals surface area contributed by atoms with E-state index in [0.717, 1.165) is 11.3 Å². The summed E-state index contributed by atoms with van der Waals surface area (Å²) in [5.41, 5.74) is 3.26. The molecule has 1 aliphatic heterocycles. The number of aromatic nitrogens is 1. The molecule has 2 fully saturated rings. The molecule has 8 heteroatoms.